The van der Waals surface area contributed by atoms with E-state index in [2.05, 4.69) is 50.4 Å². The summed E-state index contributed by atoms with van der Waals surface area (Å²) in [6.45, 7) is 7.78. The third-order valence-corrected chi connectivity index (χ3v) is 3.02. The summed E-state index contributed by atoms with van der Waals surface area (Å²) >= 11 is 0. The van der Waals surface area contributed by atoms with Gasteiger partial charge in [-0.25, -0.2) is 0 Å². The minimum Gasteiger partial charge on any atom is -0.310 e. The first-order chi connectivity index (χ1) is 7.74. The summed E-state index contributed by atoms with van der Waals surface area (Å²) in [5.74, 6) is 0. The number of unbranched alkanes of at least 4 members (excludes halogenated alkanes) is 3. The Labute approximate surface area is 100 Å². The van der Waals surface area contributed by atoms with Crippen LogP contribution in [0.2, 0.25) is 0 Å². The Morgan fingerprint density at radius 1 is 1.19 bits per heavy atom. The zero-order chi connectivity index (χ0) is 11.8. The van der Waals surface area contributed by atoms with E-state index in [1.807, 2.05) is 0 Å². The van der Waals surface area contributed by atoms with Gasteiger partial charge in [-0.05, 0) is 32.4 Å². The molecule has 0 aliphatic heterocycles. The first kappa shape index (κ1) is 13.2. The molecular formula is C15H25N. The molecule has 16 heavy (non-hydrogen) atoms. The van der Waals surface area contributed by atoms with Crippen molar-refractivity contribution in [2.45, 2.75) is 52.5 Å². The molecule has 0 aliphatic carbocycles. The third-order valence-electron chi connectivity index (χ3n) is 3.02. The summed E-state index contributed by atoms with van der Waals surface area (Å²) in [7, 11) is 0. The Balaban J connectivity index is 2.27. The van der Waals surface area contributed by atoms with Gasteiger partial charge in [-0.2, -0.15) is 0 Å². The Morgan fingerprint density at radius 3 is 2.69 bits per heavy atom. The molecule has 1 rings (SSSR count). The lowest BCUT2D eigenvalue weighted by Gasteiger charge is -2.14. The zero-order valence-electron chi connectivity index (χ0n) is 10.9. The highest BCUT2D eigenvalue weighted by Crippen LogP contribution is 2.13. The second-order valence-corrected chi connectivity index (χ2v) is 4.65. The average Bonchev–Trinajstić information content (AvgIpc) is 2.28. The van der Waals surface area contributed by atoms with E-state index >= 15 is 0 Å². The van der Waals surface area contributed by atoms with Crippen LogP contribution in [0.25, 0.3) is 0 Å². The van der Waals surface area contributed by atoms with E-state index in [4.69, 9.17) is 0 Å². The largest absolute Gasteiger partial charge is 0.310 e. The monoisotopic (exact) mass is 219 g/mol. The van der Waals surface area contributed by atoms with Crippen LogP contribution in [0.5, 0.6) is 0 Å². The first-order valence-corrected chi connectivity index (χ1v) is 6.54. The molecule has 0 aromatic heterocycles. The van der Waals surface area contributed by atoms with E-state index in [0.717, 1.165) is 6.54 Å². The topological polar surface area (TPSA) is 12.0 Å². The Morgan fingerprint density at radius 2 is 2.00 bits per heavy atom. The lowest BCUT2D eigenvalue weighted by atomic mass is 10.1. The average molecular weight is 219 g/mol. The molecule has 0 spiro atoms. The molecule has 0 bridgehead atoms. The third kappa shape index (κ3) is 4.80. The molecule has 90 valence electrons. The molecular weight excluding hydrogens is 194 g/mol. The molecule has 0 aliphatic rings. The van der Waals surface area contributed by atoms with Gasteiger partial charge in [0, 0.05) is 6.04 Å². The van der Waals surface area contributed by atoms with Gasteiger partial charge in [-0.3, -0.25) is 0 Å². The van der Waals surface area contributed by atoms with Crippen LogP contribution in [-0.2, 0) is 0 Å². The molecule has 0 radical (unpaired) electrons. The van der Waals surface area contributed by atoms with E-state index in [1.165, 1.54) is 36.8 Å². The number of benzene rings is 1. The van der Waals surface area contributed by atoms with Crippen LogP contribution in [0.3, 0.4) is 0 Å². The van der Waals surface area contributed by atoms with Crippen molar-refractivity contribution in [3.05, 3.63) is 35.4 Å². The van der Waals surface area contributed by atoms with Crippen LogP contribution in [0.4, 0.5) is 0 Å². The van der Waals surface area contributed by atoms with Gasteiger partial charge in [0.05, 0.1) is 0 Å². The maximum atomic E-state index is 3.59. The maximum Gasteiger partial charge on any atom is 0.0291 e. The predicted octanol–water partition coefficient (Wildman–Crippen LogP) is 4.23. The SMILES string of the molecule is CCCCCCN[C@@H](C)c1cccc(C)c1. The number of hydrogen-bond donors (Lipinski definition) is 1. The summed E-state index contributed by atoms with van der Waals surface area (Å²) < 4.78 is 0. The summed E-state index contributed by atoms with van der Waals surface area (Å²) in [4.78, 5) is 0. The molecule has 1 heteroatoms. The first-order valence-electron chi connectivity index (χ1n) is 6.54. The summed E-state index contributed by atoms with van der Waals surface area (Å²) in [6, 6.07) is 9.24. The van der Waals surface area contributed by atoms with Crippen molar-refractivity contribution in [2.24, 2.45) is 0 Å². The van der Waals surface area contributed by atoms with Crippen molar-refractivity contribution in [2.75, 3.05) is 6.54 Å². The fourth-order valence-corrected chi connectivity index (χ4v) is 1.93. The maximum absolute atomic E-state index is 3.59. The molecule has 1 N–H and O–H groups in total. The normalized spacial score (nSPS) is 12.7. The quantitative estimate of drug-likeness (QED) is 0.677. The van der Waals surface area contributed by atoms with Crippen molar-refractivity contribution >= 4 is 0 Å². The zero-order valence-corrected chi connectivity index (χ0v) is 10.9. The van der Waals surface area contributed by atoms with Crippen LogP contribution in [-0.4, -0.2) is 6.54 Å². The van der Waals surface area contributed by atoms with Crippen LogP contribution in [0.15, 0.2) is 24.3 Å². The number of nitrogens with one attached hydrogen (secondary N) is 1. The van der Waals surface area contributed by atoms with Crippen LogP contribution in [0.1, 0.15) is 56.7 Å². The molecule has 1 aromatic rings. The fourth-order valence-electron chi connectivity index (χ4n) is 1.93. The van der Waals surface area contributed by atoms with Crippen LogP contribution >= 0.6 is 0 Å². The van der Waals surface area contributed by atoms with Gasteiger partial charge < -0.3 is 5.32 Å². The number of hydrogen-bond acceptors (Lipinski definition) is 1. The highest BCUT2D eigenvalue weighted by atomic mass is 14.9. The lowest BCUT2D eigenvalue weighted by molar-refractivity contribution is 0.536. The predicted molar refractivity (Wildman–Crippen MR) is 71.7 cm³/mol. The van der Waals surface area contributed by atoms with Crippen LogP contribution < -0.4 is 5.32 Å². The van der Waals surface area contributed by atoms with E-state index in [1.54, 1.807) is 0 Å². The highest BCUT2D eigenvalue weighted by molar-refractivity contribution is 5.24. The van der Waals surface area contributed by atoms with Crippen molar-refractivity contribution < 1.29 is 0 Å². The van der Waals surface area contributed by atoms with Gasteiger partial charge in [0.1, 0.15) is 0 Å². The van der Waals surface area contributed by atoms with Gasteiger partial charge in [0.15, 0.2) is 0 Å². The van der Waals surface area contributed by atoms with Crippen molar-refractivity contribution in [3.63, 3.8) is 0 Å². The van der Waals surface area contributed by atoms with E-state index in [0.29, 0.717) is 6.04 Å². The minimum absolute atomic E-state index is 0.474. The van der Waals surface area contributed by atoms with Gasteiger partial charge in [-0.15, -0.1) is 0 Å². The molecule has 0 saturated heterocycles. The van der Waals surface area contributed by atoms with Gasteiger partial charge >= 0.3 is 0 Å². The van der Waals surface area contributed by atoms with E-state index in [9.17, 15) is 0 Å². The summed E-state index contributed by atoms with van der Waals surface area (Å²) in [6.07, 6.45) is 5.32. The molecule has 0 fully saturated rings. The van der Waals surface area contributed by atoms with Gasteiger partial charge in [0.25, 0.3) is 0 Å². The second-order valence-electron chi connectivity index (χ2n) is 4.65. The molecule has 1 aromatic carbocycles. The highest BCUT2D eigenvalue weighted by Gasteiger charge is 2.03. The molecule has 0 amide bonds. The fraction of sp³-hybridized carbons (Fsp3) is 0.600. The number of rotatable bonds is 7. The molecule has 1 atom stereocenters. The van der Waals surface area contributed by atoms with E-state index < -0.39 is 0 Å². The smallest absolute Gasteiger partial charge is 0.0291 e. The number of aryl methyl sites for hydroxylation is 1. The Bertz CT molecular complexity index is 293. The Kier molecular flexibility index (Phi) is 6.17. The molecule has 1 nitrogen and oxygen atoms in total. The Hall–Kier alpha value is -0.820. The lowest BCUT2D eigenvalue weighted by Crippen LogP contribution is -2.19. The molecule has 0 unspecified atom stereocenters. The molecule has 0 heterocycles. The standard InChI is InChI=1S/C15H25N/c1-4-5-6-7-11-16-14(3)15-10-8-9-13(2)12-15/h8-10,12,14,16H,4-7,11H2,1-3H3/t14-/m0/s1. The van der Waals surface area contributed by atoms with Crippen molar-refractivity contribution in [1.29, 1.82) is 0 Å². The summed E-state index contributed by atoms with van der Waals surface area (Å²) in [5, 5.41) is 3.59. The van der Waals surface area contributed by atoms with Crippen LogP contribution in [0, 0.1) is 6.92 Å². The van der Waals surface area contributed by atoms with Gasteiger partial charge in [-0.1, -0.05) is 56.0 Å². The minimum atomic E-state index is 0.474. The summed E-state index contributed by atoms with van der Waals surface area (Å²) in [5.41, 5.74) is 2.74. The van der Waals surface area contributed by atoms with Gasteiger partial charge in [0.2, 0.25) is 0 Å². The van der Waals surface area contributed by atoms with Crippen molar-refractivity contribution in [1.82, 2.24) is 5.32 Å². The van der Waals surface area contributed by atoms with E-state index in [-0.39, 0.29) is 0 Å². The van der Waals surface area contributed by atoms with Crippen molar-refractivity contribution in [3.8, 4) is 0 Å². The second kappa shape index (κ2) is 7.45. The molecule has 0 saturated carbocycles.